The quantitative estimate of drug-likeness (QED) is 0.659. The Labute approximate surface area is 152 Å². The molecule has 0 atom stereocenters. The molecule has 0 saturated carbocycles. The molecule has 5 nitrogen and oxygen atoms in total. The predicted molar refractivity (Wildman–Crippen MR) is 98.2 cm³/mol. The minimum absolute atomic E-state index is 0.246. The maximum absolute atomic E-state index is 12.5. The number of halogens is 1. The number of hydrazine groups is 1. The molecule has 3 rings (SSSR count). The van der Waals surface area contributed by atoms with Crippen molar-refractivity contribution in [1.82, 2.24) is 15.4 Å². The number of aromatic nitrogens is 1. The third-order valence-corrected chi connectivity index (χ3v) is 4.77. The lowest BCUT2D eigenvalue weighted by Gasteiger charge is -2.15. The minimum Gasteiger partial charge on any atom is -0.267 e. The van der Waals surface area contributed by atoms with Crippen LogP contribution in [0, 0.1) is 0 Å². The number of thiocarbonyl (C=S) groups is 1. The first-order chi connectivity index (χ1) is 11.6. The lowest BCUT2D eigenvalue weighted by molar-refractivity contribution is -0.123. The van der Waals surface area contributed by atoms with Crippen molar-refractivity contribution in [3.8, 4) is 0 Å². The van der Waals surface area contributed by atoms with Crippen LogP contribution in [0.25, 0.3) is 6.08 Å². The van der Waals surface area contributed by atoms with Gasteiger partial charge in [0.05, 0.1) is 10.5 Å². The van der Waals surface area contributed by atoms with Gasteiger partial charge in [-0.3, -0.25) is 20.0 Å². The van der Waals surface area contributed by atoms with Crippen LogP contribution in [-0.2, 0) is 4.79 Å². The summed E-state index contributed by atoms with van der Waals surface area (Å²) in [6, 6.07) is 10.4. The van der Waals surface area contributed by atoms with Crippen molar-refractivity contribution in [3.05, 3.63) is 69.8 Å². The van der Waals surface area contributed by atoms with E-state index in [0.717, 1.165) is 16.8 Å². The van der Waals surface area contributed by atoms with Gasteiger partial charge in [0.15, 0.2) is 4.32 Å². The van der Waals surface area contributed by atoms with Crippen molar-refractivity contribution >= 4 is 57.8 Å². The van der Waals surface area contributed by atoms with E-state index >= 15 is 0 Å². The second-order valence-electron chi connectivity index (χ2n) is 4.72. The third-order valence-electron chi connectivity index (χ3n) is 3.12. The number of benzene rings is 1. The van der Waals surface area contributed by atoms with E-state index < -0.39 is 11.8 Å². The van der Waals surface area contributed by atoms with Gasteiger partial charge in [0.25, 0.3) is 11.8 Å². The van der Waals surface area contributed by atoms with Gasteiger partial charge in [0.2, 0.25) is 0 Å². The van der Waals surface area contributed by atoms with Crippen molar-refractivity contribution in [3.63, 3.8) is 0 Å². The van der Waals surface area contributed by atoms with Gasteiger partial charge in [-0.1, -0.05) is 41.6 Å². The summed E-state index contributed by atoms with van der Waals surface area (Å²) in [4.78, 5) is 28.9. The van der Waals surface area contributed by atoms with Gasteiger partial charge in [-0.2, -0.15) is 5.01 Å². The molecule has 2 heterocycles. The fourth-order valence-electron chi connectivity index (χ4n) is 1.96. The molecule has 1 aromatic carbocycles. The Morgan fingerprint density at radius 2 is 2.08 bits per heavy atom. The van der Waals surface area contributed by atoms with E-state index in [0.29, 0.717) is 21.1 Å². The number of amides is 2. The summed E-state index contributed by atoms with van der Waals surface area (Å²) in [6.07, 6.45) is 4.62. The van der Waals surface area contributed by atoms with Gasteiger partial charge in [-0.15, -0.1) is 0 Å². The molecule has 120 valence electrons. The van der Waals surface area contributed by atoms with Crippen molar-refractivity contribution in [2.75, 3.05) is 0 Å². The molecule has 2 amide bonds. The summed E-state index contributed by atoms with van der Waals surface area (Å²) < 4.78 is 0.246. The van der Waals surface area contributed by atoms with Crippen LogP contribution in [0.2, 0.25) is 5.02 Å². The molecule has 0 aliphatic carbocycles. The van der Waals surface area contributed by atoms with Crippen molar-refractivity contribution in [2.45, 2.75) is 0 Å². The van der Waals surface area contributed by atoms with Crippen LogP contribution in [0.4, 0.5) is 0 Å². The molecule has 2 aromatic rings. The maximum atomic E-state index is 12.5. The van der Waals surface area contributed by atoms with Gasteiger partial charge in [0, 0.05) is 17.4 Å². The topological polar surface area (TPSA) is 62.3 Å². The summed E-state index contributed by atoms with van der Waals surface area (Å²) >= 11 is 12.4. The number of thioether (sulfide) groups is 1. The Morgan fingerprint density at radius 3 is 2.79 bits per heavy atom. The Bertz CT molecular complexity index is 855. The summed E-state index contributed by atoms with van der Waals surface area (Å²) in [6.45, 7) is 0. The first-order valence-corrected chi connectivity index (χ1v) is 8.40. The molecular formula is C16H10ClN3O2S2. The number of carbonyl (C=O) groups excluding carboxylic acids is 2. The SMILES string of the molecule is O=C(NN1C(=O)/C(=C\c2ccccc2Cl)SC1=S)c1cccnc1. The fraction of sp³-hybridized carbons (Fsp3) is 0. The Kier molecular flexibility index (Phi) is 4.94. The standard InChI is InChI=1S/C16H10ClN3O2S2/c17-12-6-2-1-4-10(12)8-13-15(22)20(16(23)24-13)19-14(21)11-5-3-7-18-9-11/h1-9H,(H,19,21)/b13-8+. The highest BCUT2D eigenvalue weighted by molar-refractivity contribution is 8.26. The highest BCUT2D eigenvalue weighted by atomic mass is 35.5. The van der Waals surface area contributed by atoms with Gasteiger partial charge in [-0.05, 0) is 42.1 Å². The molecule has 0 bridgehead atoms. The minimum atomic E-state index is -0.460. The van der Waals surface area contributed by atoms with Crippen molar-refractivity contribution in [1.29, 1.82) is 0 Å². The average Bonchev–Trinajstić information content (AvgIpc) is 2.85. The zero-order chi connectivity index (χ0) is 17.1. The molecule has 1 aliphatic heterocycles. The highest BCUT2D eigenvalue weighted by Gasteiger charge is 2.33. The molecule has 24 heavy (non-hydrogen) atoms. The lowest BCUT2D eigenvalue weighted by atomic mass is 10.2. The zero-order valence-electron chi connectivity index (χ0n) is 12.1. The summed E-state index contributed by atoms with van der Waals surface area (Å²) in [5.74, 6) is -0.861. The Balaban J connectivity index is 1.80. The zero-order valence-corrected chi connectivity index (χ0v) is 14.5. The maximum Gasteiger partial charge on any atom is 0.285 e. The van der Waals surface area contributed by atoms with Crippen LogP contribution in [0.3, 0.4) is 0 Å². The van der Waals surface area contributed by atoms with Crippen LogP contribution in [0.15, 0.2) is 53.7 Å². The second kappa shape index (κ2) is 7.12. The summed E-state index contributed by atoms with van der Waals surface area (Å²) in [5.41, 5.74) is 3.54. The molecule has 1 aliphatic rings. The van der Waals surface area contributed by atoms with E-state index in [9.17, 15) is 9.59 Å². The van der Waals surface area contributed by atoms with Crippen molar-refractivity contribution < 1.29 is 9.59 Å². The normalized spacial score (nSPS) is 15.9. The number of pyridine rings is 1. The average molecular weight is 376 g/mol. The first-order valence-electron chi connectivity index (χ1n) is 6.80. The van der Waals surface area contributed by atoms with E-state index in [1.54, 1.807) is 42.6 Å². The van der Waals surface area contributed by atoms with Gasteiger partial charge in [0.1, 0.15) is 0 Å². The second-order valence-corrected chi connectivity index (χ2v) is 6.80. The van der Waals surface area contributed by atoms with E-state index in [-0.39, 0.29) is 4.32 Å². The number of nitrogens with zero attached hydrogens (tertiary/aromatic N) is 2. The fourth-order valence-corrected chi connectivity index (χ4v) is 3.32. The van der Waals surface area contributed by atoms with E-state index in [2.05, 4.69) is 10.4 Å². The molecule has 0 spiro atoms. The van der Waals surface area contributed by atoms with E-state index in [1.807, 2.05) is 6.07 Å². The van der Waals surface area contributed by atoms with Crippen LogP contribution in [-0.4, -0.2) is 26.1 Å². The summed E-state index contributed by atoms with van der Waals surface area (Å²) in [7, 11) is 0. The third kappa shape index (κ3) is 3.48. The van der Waals surface area contributed by atoms with Gasteiger partial charge in [-0.25, -0.2) is 0 Å². The van der Waals surface area contributed by atoms with Crippen LogP contribution in [0.1, 0.15) is 15.9 Å². The molecule has 1 N–H and O–H groups in total. The Hall–Kier alpha value is -2.22. The van der Waals surface area contributed by atoms with Crippen LogP contribution < -0.4 is 5.43 Å². The van der Waals surface area contributed by atoms with Gasteiger partial charge >= 0.3 is 0 Å². The number of hydrogen-bond donors (Lipinski definition) is 1. The number of carbonyl (C=O) groups is 2. The molecule has 1 saturated heterocycles. The molecular weight excluding hydrogens is 366 g/mol. The smallest absolute Gasteiger partial charge is 0.267 e. The number of rotatable bonds is 3. The largest absolute Gasteiger partial charge is 0.285 e. The summed E-state index contributed by atoms with van der Waals surface area (Å²) in [5, 5.41) is 1.58. The molecule has 1 fully saturated rings. The van der Waals surface area contributed by atoms with Crippen LogP contribution in [0.5, 0.6) is 0 Å². The lowest BCUT2D eigenvalue weighted by Crippen LogP contribution is -2.44. The highest BCUT2D eigenvalue weighted by Crippen LogP contribution is 2.32. The molecule has 8 heteroatoms. The molecule has 0 unspecified atom stereocenters. The van der Waals surface area contributed by atoms with Gasteiger partial charge < -0.3 is 0 Å². The van der Waals surface area contributed by atoms with E-state index in [4.69, 9.17) is 23.8 Å². The molecule has 0 radical (unpaired) electrons. The monoisotopic (exact) mass is 375 g/mol. The number of hydrogen-bond acceptors (Lipinski definition) is 5. The Morgan fingerprint density at radius 1 is 1.29 bits per heavy atom. The predicted octanol–water partition coefficient (Wildman–Crippen LogP) is 3.28. The van der Waals surface area contributed by atoms with Crippen molar-refractivity contribution in [2.24, 2.45) is 0 Å². The van der Waals surface area contributed by atoms with E-state index in [1.165, 1.54) is 6.20 Å². The van der Waals surface area contributed by atoms with Crippen LogP contribution >= 0.6 is 35.6 Å². The molecule has 1 aromatic heterocycles. The number of nitrogens with one attached hydrogen (secondary N) is 1. The first kappa shape index (κ1) is 16.6.